The molecule has 1 rings (SSSR count). The molecule has 0 aromatic heterocycles. The molecule has 82 valence electrons. The fourth-order valence-electron chi connectivity index (χ4n) is 1.48. The third-order valence-electron chi connectivity index (χ3n) is 1.95. The predicted molar refractivity (Wildman–Crippen MR) is 60.9 cm³/mol. The lowest BCUT2D eigenvalue weighted by Gasteiger charge is -2.19. The maximum Gasteiger partial charge on any atom is 0.308 e. The Morgan fingerprint density at radius 3 is 2.40 bits per heavy atom. The van der Waals surface area contributed by atoms with Crippen LogP contribution in [0.15, 0.2) is 24.3 Å². The smallest absolute Gasteiger partial charge is 0.308 e. The fourth-order valence-corrected chi connectivity index (χ4v) is 1.48. The minimum absolute atomic E-state index is 0.191. The van der Waals surface area contributed by atoms with Gasteiger partial charge in [-0.15, -0.1) is 0 Å². The minimum atomic E-state index is -0.267. The number of hydrogen-bond donors (Lipinski definition) is 0. The summed E-state index contributed by atoms with van der Waals surface area (Å²) in [5.74, 6) is 0.413. The van der Waals surface area contributed by atoms with Gasteiger partial charge in [0.2, 0.25) is 0 Å². The quantitative estimate of drug-likeness (QED) is 0.548. The Hall–Kier alpha value is -1.31. The van der Waals surface area contributed by atoms with Crippen LogP contribution < -0.4 is 4.74 Å². The Balaban J connectivity index is 2.91. The summed E-state index contributed by atoms with van der Waals surface area (Å²) >= 11 is 0. The van der Waals surface area contributed by atoms with Crippen molar-refractivity contribution in [1.29, 1.82) is 0 Å². The lowest BCUT2D eigenvalue weighted by Crippen LogP contribution is -2.11. The van der Waals surface area contributed by atoms with Crippen molar-refractivity contribution in [2.75, 3.05) is 0 Å². The van der Waals surface area contributed by atoms with Crippen molar-refractivity contribution in [3.05, 3.63) is 29.8 Å². The summed E-state index contributed by atoms with van der Waals surface area (Å²) in [7, 11) is 0. The third kappa shape index (κ3) is 4.15. The summed E-state index contributed by atoms with van der Waals surface area (Å²) < 4.78 is 5.15. The Morgan fingerprint density at radius 2 is 1.87 bits per heavy atom. The molecule has 0 aliphatic carbocycles. The number of para-hydroxylation sites is 1. The first-order chi connectivity index (χ1) is 6.88. The highest BCUT2D eigenvalue weighted by molar-refractivity contribution is 5.69. The highest BCUT2D eigenvalue weighted by atomic mass is 16.5. The van der Waals surface area contributed by atoms with E-state index in [1.807, 2.05) is 24.3 Å². The number of rotatable bonds is 2. The van der Waals surface area contributed by atoms with Gasteiger partial charge in [0.1, 0.15) is 5.75 Å². The van der Waals surface area contributed by atoms with Crippen molar-refractivity contribution in [2.45, 2.75) is 34.1 Å². The van der Waals surface area contributed by atoms with Crippen LogP contribution >= 0.6 is 0 Å². The second-order valence-corrected chi connectivity index (χ2v) is 4.94. The molecule has 15 heavy (non-hydrogen) atoms. The Kier molecular flexibility index (Phi) is 3.51. The highest BCUT2D eigenvalue weighted by Gasteiger charge is 2.14. The molecular weight excluding hydrogens is 188 g/mol. The molecule has 2 nitrogen and oxygen atoms in total. The number of ether oxygens (including phenoxy) is 1. The van der Waals surface area contributed by atoms with E-state index in [2.05, 4.69) is 20.8 Å². The van der Waals surface area contributed by atoms with Gasteiger partial charge in [0.15, 0.2) is 0 Å². The minimum Gasteiger partial charge on any atom is -0.426 e. The number of carbonyl (C=O) groups excluding carboxylic acids is 1. The molecule has 0 saturated carbocycles. The largest absolute Gasteiger partial charge is 0.426 e. The first-order valence-corrected chi connectivity index (χ1v) is 5.15. The summed E-state index contributed by atoms with van der Waals surface area (Å²) in [6.07, 6.45) is 0.899. The third-order valence-corrected chi connectivity index (χ3v) is 1.95. The van der Waals surface area contributed by atoms with E-state index in [4.69, 9.17) is 4.74 Å². The van der Waals surface area contributed by atoms with Crippen molar-refractivity contribution in [1.82, 2.24) is 0 Å². The summed E-state index contributed by atoms with van der Waals surface area (Å²) in [5.41, 5.74) is 1.27. The Bertz CT molecular complexity index is 348. The number of esters is 1. The second kappa shape index (κ2) is 4.47. The van der Waals surface area contributed by atoms with Gasteiger partial charge in [-0.2, -0.15) is 0 Å². The molecule has 0 aliphatic rings. The van der Waals surface area contributed by atoms with Gasteiger partial charge in [-0.3, -0.25) is 4.79 Å². The van der Waals surface area contributed by atoms with E-state index in [1.165, 1.54) is 6.92 Å². The summed E-state index contributed by atoms with van der Waals surface area (Å²) in [4.78, 5) is 10.9. The average molecular weight is 206 g/mol. The molecular formula is C13H18O2. The van der Waals surface area contributed by atoms with Crippen LogP contribution in [0.25, 0.3) is 0 Å². The van der Waals surface area contributed by atoms with Gasteiger partial charge in [-0.05, 0) is 23.5 Å². The van der Waals surface area contributed by atoms with Crippen LogP contribution in [0.3, 0.4) is 0 Å². The SMILES string of the molecule is CC(=O)Oc1ccccc1CC(C)(C)C. The van der Waals surface area contributed by atoms with Crippen LogP contribution in [0.4, 0.5) is 0 Å². The molecule has 0 radical (unpaired) electrons. The molecule has 0 fully saturated rings. The molecule has 0 spiro atoms. The maximum absolute atomic E-state index is 10.9. The van der Waals surface area contributed by atoms with Gasteiger partial charge in [0.05, 0.1) is 0 Å². The summed E-state index contributed by atoms with van der Waals surface area (Å²) in [6, 6.07) is 7.69. The lowest BCUT2D eigenvalue weighted by molar-refractivity contribution is -0.131. The zero-order valence-corrected chi connectivity index (χ0v) is 9.83. The predicted octanol–water partition coefficient (Wildman–Crippen LogP) is 3.20. The number of benzene rings is 1. The van der Waals surface area contributed by atoms with E-state index in [0.717, 1.165) is 12.0 Å². The van der Waals surface area contributed by atoms with Gasteiger partial charge < -0.3 is 4.74 Å². The van der Waals surface area contributed by atoms with Gasteiger partial charge in [0.25, 0.3) is 0 Å². The zero-order chi connectivity index (χ0) is 11.5. The van der Waals surface area contributed by atoms with Crippen LogP contribution in [0.1, 0.15) is 33.3 Å². The topological polar surface area (TPSA) is 26.3 Å². The Morgan fingerprint density at radius 1 is 1.27 bits per heavy atom. The molecule has 1 aromatic carbocycles. The van der Waals surface area contributed by atoms with E-state index in [9.17, 15) is 4.79 Å². The number of hydrogen-bond acceptors (Lipinski definition) is 2. The monoisotopic (exact) mass is 206 g/mol. The van der Waals surface area contributed by atoms with Gasteiger partial charge in [-0.25, -0.2) is 0 Å². The van der Waals surface area contributed by atoms with Crippen molar-refractivity contribution in [3.63, 3.8) is 0 Å². The van der Waals surface area contributed by atoms with Gasteiger partial charge in [0, 0.05) is 6.92 Å². The summed E-state index contributed by atoms with van der Waals surface area (Å²) in [5, 5.41) is 0. The second-order valence-electron chi connectivity index (χ2n) is 4.94. The van der Waals surface area contributed by atoms with Crippen molar-refractivity contribution in [2.24, 2.45) is 5.41 Å². The van der Waals surface area contributed by atoms with Crippen molar-refractivity contribution in [3.8, 4) is 5.75 Å². The van der Waals surface area contributed by atoms with E-state index < -0.39 is 0 Å². The first-order valence-electron chi connectivity index (χ1n) is 5.15. The molecule has 0 aliphatic heterocycles. The van der Waals surface area contributed by atoms with Gasteiger partial charge >= 0.3 is 5.97 Å². The van der Waals surface area contributed by atoms with Crippen LogP contribution in [0.5, 0.6) is 5.75 Å². The average Bonchev–Trinajstić information content (AvgIpc) is 2.05. The van der Waals surface area contributed by atoms with Crippen molar-refractivity contribution >= 4 is 5.97 Å². The molecule has 0 saturated heterocycles. The van der Waals surface area contributed by atoms with E-state index in [0.29, 0.717) is 5.75 Å². The van der Waals surface area contributed by atoms with Crippen LogP contribution in [0.2, 0.25) is 0 Å². The standard InChI is InChI=1S/C13H18O2/c1-10(14)15-12-8-6-5-7-11(12)9-13(2,3)4/h5-8H,9H2,1-4H3. The number of carbonyl (C=O) groups is 1. The van der Waals surface area contributed by atoms with Gasteiger partial charge in [-0.1, -0.05) is 39.0 Å². The highest BCUT2D eigenvalue weighted by Crippen LogP contribution is 2.27. The van der Waals surface area contributed by atoms with Crippen LogP contribution in [-0.4, -0.2) is 5.97 Å². The first kappa shape index (κ1) is 11.8. The molecule has 1 aromatic rings. The maximum atomic E-state index is 10.9. The molecule has 0 N–H and O–H groups in total. The summed E-state index contributed by atoms with van der Waals surface area (Å²) in [6.45, 7) is 7.92. The molecule has 0 amide bonds. The molecule has 0 unspecified atom stereocenters. The van der Waals surface area contributed by atoms with Crippen LogP contribution in [-0.2, 0) is 11.2 Å². The van der Waals surface area contributed by atoms with Crippen LogP contribution in [0, 0.1) is 5.41 Å². The molecule has 0 atom stereocenters. The van der Waals surface area contributed by atoms with E-state index >= 15 is 0 Å². The Labute approximate surface area is 91.3 Å². The molecule has 2 heteroatoms. The lowest BCUT2D eigenvalue weighted by atomic mass is 9.88. The van der Waals surface area contributed by atoms with Crippen molar-refractivity contribution < 1.29 is 9.53 Å². The normalized spacial score (nSPS) is 11.2. The molecule has 0 bridgehead atoms. The fraction of sp³-hybridized carbons (Fsp3) is 0.462. The molecule has 0 heterocycles. The van der Waals surface area contributed by atoms with E-state index in [-0.39, 0.29) is 11.4 Å². The zero-order valence-electron chi connectivity index (χ0n) is 9.83. The van der Waals surface area contributed by atoms with E-state index in [1.54, 1.807) is 0 Å².